The van der Waals surface area contributed by atoms with E-state index >= 15 is 0 Å². The highest BCUT2D eigenvalue weighted by atomic mass is 16.5. The van der Waals surface area contributed by atoms with E-state index in [-0.39, 0.29) is 11.5 Å². The summed E-state index contributed by atoms with van der Waals surface area (Å²) in [5.41, 5.74) is 2.28. The van der Waals surface area contributed by atoms with Crippen LogP contribution in [0.1, 0.15) is 28.8 Å². The summed E-state index contributed by atoms with van der Waals surface area (Å²) in [5.74, 6) is 0.602. The molecule has 1 saturated heterocycles. The molecule has 3 aromatic carbocycles. The van der Waals surface area contributed by atoms with Crippen LogP contribution in [0.3, 0.4) is 0 Å². The third kappa shape index (κ3) is 3.46. The molecule has 3 aromatic rings. The molecule has 4 heteroatoms. The van der Waals surface area contributed by atoms with Crippen LogP contribution in [-0.2, 0) is 0 Å². The second kappa shape index (κ2) is 7.77. The molecule has 1 fully saturated rings. The summed E-state index contributed by atoms with van der Waals surface area (Å²) in [6.45, 7) is 2.09. The van der Waals surface area contributed by atoms with E-state index in [4.69, 9.17) is 4.74 Å². The molecule has 28 heavy (non-hydrogen) atoms. The number of ketones is 1. The summed E-state index contributed by atoms with van der Waals surface area (Å²) in [4.78, 5) is 15.0. The zero-order chi connectivity index (χ0) is 19.5. The molecule has 0 saturated carbocycles. The third-order valence-corrected chi connectivity index (χ3v) is 5.24. The minimum atomic E-state index is -0.231. The number of nitrogens with zero attached hydrogens (tertiary/aromatic N) is 1. The fourth-order valence-corrected chi connectivity index (χ4v) is 3.73. The Labute approximate surface area is 164 Å². The molecule has 0 aromatic heterocycles. The van der Waals surface area contributed by atoms with E-state index in [9.17, 15) is 9.90 Å². The number of fused-ring (bicyclic) bond motifs is 1. The molecule has 1 aliphatic rings. The molecule has 1 aliphatic heterocycles. The Balaban J connectivity index is 1.58. The van der Waals surface area contributed by atoms with E-state index in [0.717, 1.165) is 35.5 Å². The van der Waals surface area contributed by atoms with Gasteiger partial charge in [0.2, 0.25) is 0 Å². The Bertz CT molecular complexity index is 1050. The molecular formula is C24H23NO3. The Morgan fingerprint density at radius 1 is 1.07 bits per heavy atom. The van der Waals surface area contributed by atoms with Crippen molar-refractivity contribution in [3.63, 3.8) is 0 Å². The lowest BCUT2D eigenvalue weighted by Gasteiger charge is -2.20. The number of anilines is 1. The number of benzene rings is 3. The molecule has 0 atom stereocenters. The van der Waals surface area contributed by atoms with Crippen LogP contribution >= 0.6 is 0 Å². The van der Waals surface area contributed by atoms with Crippen LogP contribution in [0.2, 0.25) is 0 Å². The van der Waals surface area contributed by atoms with Gasteiger partial charge in [0, 0.05) is 18.5 Å². The topological polar surface area (TPSA) is 49.8 Å². The van der Waals surface area contributed by atoms with Gasteiger partial charge in [0.25, 0.3) is 0 Å². The van der Waals surface area contributed by atoms with Gasteiger partial charge in [-0.3, -0.25) is 4.79 Å². The highest BCUT2D eigenvalue weighted by Gasteiger charge is 2.16. The number of carbonyl (C=O) groups is 1. The first-order valence-corrected chi connectivity index (χ1v) is 9.53. The van der Waals surface area contributed by atoms with Gasteiger partial charge in [-0.05, 0) is 48.1 Å². The van der Waals surface area contributed by atoms with Crippen LogP contribution in [0.5, 0.6) is 11.5 Å². The summed E-state index contributed by atoms with van der Waals surface area (Å²) in [6, 6.07) is 17.0. The lowest BCUT2D eigenvalue weighted by atomic mass is 10.0. The molecule has 4 rings (SSSR count). The molecule has 0 unspecified atom stereocenters. The zero-order valence-electron chi connectivity index (χ0n) is 15.9. The number of hydrogen-bond acceptors (Lipinski definition) is 4. The van der Waals surface area contributed by atoms with Crippen LogP contribution in [0, 0.1) is 0 Å². The van der Waals surface area contributed by atoms with Crippen molar-refractivity contribution in [1.82, 2.24) is 0 Å². The van der Waals surface area contributed by atoms with E-state index < -0.39 is 0 Å². The summed E-state index contributed by atoms with van der Waals surface area (Å²) >= 11 is 0. The summed E-state index contributed by atoms with van der Waals surface area (Å²) in [5, 5.41) is 12.1. The van der Waals surface area contributed by atoms with Crippen molar-refractivity contribution in [3.05, 3.63) is 71.8 Å². The van der Waals surface area contributed by atoms with Gasteiger partial charge in [0.15, 0.2) is 5.78 Å². The van der Waals surface area contributed by atoms with Crippen molar-refractivity contribution in [3.8, 4) is 11.5 Å². The Morgan fingerprint density at radius 3 is 2.64 bits per heavy atom. The van der Waals surface area contributed by atoms with Crippen molar-refractivity contribution < 1.29 is 14.6 Å². The highest BCUT2D eigenvalue weighted by Crippen LogP contribution is 2.32. The molecule has 1 heterocycles. The molecule has 0 amide bonds. The molecule has 0 bridgehead atoms. The van der Waals surface area contributed by atoms with Gasteiger partial charge in [0.1, 0.15) is 11.5 Å². The maximum absolute atomic E-state index is 12.6. The van der Waals surface area contributed by atoms with Gasteiger partial charge in [0.05, 0.1) is 18.4 Å². The third-order valence-electron chi connectivity index (χ3n) is 5.24. The molecule has 1 N–H and O–H groups in total. The first-order valence-electron chi connectivity index (χ1n) is 9.53. The quantitative estimate of drug-likeness (QED) is 0.502. The number of phenolic OH excluding ortho intramolecular Hbond substituents is 1. The number of hydrogen-bond donors (Lipinski definition) is 1. The zero-order valence-corrected chi connectivity index (χ0v) is 15.9. The van der Waals surface area contributed by atoms with Gasteiger partial charge < -0.3 is 14.7 Å². The average molecular weight is 373 g/mol. The van der Waals surface area contributed by atoms with Crippen molar-refractivity contribution in [1.29, 1.82) is 0 Å². The first kappa shape index (κ1) is 18.1. The minimum Gasteiger partial charge on any atom is -0.507 e. The highest BCUT2D eigenvalue weighted by molar-refractivity contribution is 6.11. The molecule has 0 aliphatic carbocycles. The van der Waals surface area contributed by atoms with E-state index in [1.165, 1.54) is 18.9 Å². The summed E-state index contributed by atoms with van der Waals surface area (Å²) in [6.07, 6.45) is 5.66. The lowest BCUT2D eigenvalue weighted by molar-refractivity contribution is 0.104. The predicted molar refractivity (Wildman–Crippen MR) is 113 cm³/mol. The monoisotopic (exact) mass is 373 g/mol. The van der Waals surface area contributed by atoms with E-state index in [1.807, 2.05) is 48.5 Å². The standard InChI is InChI=1S/C24H23NO3/c1-28-23-16-17(8-12-21(23)25-14-4-5-15-25)9-13-22(26)20-11-10-18-6-2-3-7-19(18)24(20)27/h2-3,6-13,16,27H,4-5,14-15H2,1H3. The molecule has 0 radical (unpaired) electrons. The molecule has 142 valence electrons. The van der Waals surface area contributed by atoms with Crippen molar-refractivity contribution in [2.24, 2.45) is 0 Å². The van der Waals surface area contributed by atoms with Crippen LogP contribution in [0.25, 0.3) is 16.8 Å². The second-order valence-electron chi connectivity index (χ2n) is 7.01. The second-order valence-corrected chi connectivity index (χ2v) is 7.01. The number of aromatic hydroxyl groups is 1. The number of rotatable bonds is 5. The van der Waals surface area contributed by atoms with Gasteiger partial charge in [-0.15, -0.1) is 0 Å². The SMILES string of the molecule is COc1cc(C=CC(=O)c2ccc3ccccc3c2O)ccc1N1CCCC1. The molecule has 0 spiro atoms. The number of phenols is 1. The van der Waals surface area contributed by atoms with Crippen LogP contribution in [0.4, 0.5) is 5.69 Å². The fraction of sp³-hybridized carbons (Fsp3) is 0.208. The average Bonchev–Trinajstić information content (AvgIpc) is 3.27. The summed E-state index contributed by atoms with van der Waals surface area (Å²) < 4.78 is 5.56. The van der Waals surface area contributed by atoms with E-state index in [2.05, 4.69) is 4.90 Å². The van der Waals surface area contributed by atoms with Crippen molar-refractivity contribution >= 4 is 28.3 Å². The Morgan fingerprint density at radius 2 is 1.86 bits per heavy atom. The Hall–Kier alpha value is -3.27. The van der Waals surface area contributed by atoms with Crippen LogP contribution in [0.15, 0.2) is 60.7 Å². The van der Waals surface area contributed by atoms with Crippen molar-refractivity contribution in [2.45, 2.75) is 12.8 Å². The number of methoxy groups -OCH3 is 1. The van der Waals surface area contributed by atoms with Gasteiger partial charge in [-0.2, -0.15) is 0 Å². The van der Waals surface area contributed by atoms with Crippen molar-refractivity contribution in [2.75, 3.05) is 25.1 Å². The number of ether oxygens (including phenoxy) is 1. The number of allylic oxidation sites excluding steroid dienone is 1. The predicted octanol–water partition coefficient (Wildman–Crippen LogP) is 5.05. The largest absolute Gasteiger partial charge is 0.507 e. The maximum Gasteiger partial charge on any atom is 0.189 e. The van der Waals surface area contributed by atoms with Gasteiger partial charge in [-0.1, -0.05) is 42.5 Å². The smallest absolute Gasteiger partial charge is 0.189 e. The Kier molecular flexibility index (Phi) is 5.02. The lowest BCUT2D eigenvalue weighted by Crippen LogP contribution is -2.18. The minimum absolute atomic E-state index is 0.0229. The van der Waals surface area contributed by atoms with Crippen LogP contribution < -0.4 is 9.64 Å². The first-order chi connectivity index (χ1) is 13.7. The summed E-state index contributed by atoms with van der Waals surface area (Å²) in [7, 11) is 1.67. The fourth-order valence-electron chi connectivity index (χ4n) is 3.73. The van der Waals surface area contributed by atoms with E-state index in [0.29, 0.717) is 10.9 Å². The number of carbonyl (C=O) groups excluding carboxylic acids is 1. The van der Waals surface area contributed by atoms with Gasteiger partial charge >= 0.3 is 0 Å². The van der Waals surface area contributed by atoms with E-state index in [1.54, 1.807) is 19.3 Å². The molecule has 4 nitrogen and oxygen atoms in total. The van der Waals surface area contributed by atoms with Crippen LogP contribution in [-0.4, -0.2) is 31.1 Å². The van der Waals surface area contributed by atoms with Gasteiger partial charge in [-0.25, -0.2) is 0 Å². The normalized spacial score (nSPS) is 14.1. The maximum atomic E-state index is 12.6. The molecular weight excluding hydrogens is 350 g/mol.